The second-order valence-electron chi connectivity index (χ2n) is 6.72. The number of barbiturate groups is 1. The molecule has 1 aromatic heterocycles. The first kappa shape index (κ1) is 19.2. The highest BCUT2D eigenvalue weighted by molar-refractivity contribution is 6.31. The van der Waals surface area contributed by atoms with Gasteiger partial charge in [0.15, 0.2) is 5.82 Å². The van der Waals surface area contributed by atoms with Crippen molar-refractivity contribution in [1.82, 2.24) is 20.2 Å². The van der Waals surface area contributed by atoms with Crippen LogP contribution in [-0.4, -0.2) is 39.3 Å². The maximum Gasteiger partial charge on any atom is 0.331 e. The Bertz CT molecular complexity index is 1110. The fourth-order valence-corrected chi connectivity index (χ4v) is 3.10. The topological polar surface area (TPSA) is 92.3 Å². The molecular weight excluding hydrogens is 380 g/mol. The van der Waals surface area contributed by atoms with Crippen LogP contribution < -0.4 is 5.32 Å². The number of rotatable bonds is 5. The number of benzene rings is 2. The summed E-state index contributed by atoms with van der Waals surface area (Å²) in [6.07, 6.45) is 4.96. The van der Waals surface area contributed by atoms with E-state index in [0.29, 0.717) is 17.8 Å². The largest absolute Gasteiger partial charge is 0.331 e. The summed E-state index contributed by atoms with van der Waals surface area (Å²) >= 11 is 0. The lowest BCUT2D eigenvalue weighted by atomic mass is 10.1. The number of urea groups is 1. The lowest BCUT2D eigenvalue weighted by molar-refractivity contribution is -0.130. The van der Waals surface area contributed by atoms with Gasteiger partial charge in [-0.25, -0.2) is 14.8 Å². The smallest absolute Gasteiger partial charge is 0.273 e. The molecule has 1 saturated heterocycles. The molecule has 0 spiro atoms. The molecule has 7 heteroatoms. The van der Waals surface area contributed by atoms with E-state index >= 15 is 0 Å². The molecule has 0 atom stereocenters. The minimum Gasteiger partial charge on any atom is -0.273 e. The predicted molar refractivity (Wildman–Crippen MR) is 111 cm³/mol. The number of nitrogens with one attached hydrogen (secondary N) is 1. The van der Waals surface area contributed by atoms with Crippen molar-refractivity contribution in [3.63, 3.8) is 0 Å². The van der Waals surface area contributed by atoms with E-state index in [2.05, 4.69) is 15.3 Å². The van der Waals surface area contributed by atoms with Crippen molar-refractivity contribution < 1.29 is 14.4 Å². The van der Waals surface area contributed by atoms with Gasteiger partial charge in [0.2, 0.25) is 0 Å². The molecule has 2 aromatic carbocycles. The van der Waals surface area contributed by atoms with Crippen LogP contribution in [0.25, 0.3) is 17.5 Å². The Morgan fingerprint density at radius 3 is 2.17 bits per heavy atom. The van der Waals surface area contributed by atoms with Crippen molar-refractivity contribution in [3.8, 4) is 11.4 Å². The first-order valence-electron chi connectivity index (χ1n) is 9.42. The van der Waals surface area contributed by atoms with Crippen molar-refractivity contribution in [1.29, 1.82) is 0 Å². The summed E-state index contributed by atoms with van der Waals surface area (Å²) in [4.78, 5) is 46.8. The minimum atomic E-state index is -0.729. The van der Waals surface area contributed by atoms with E-state index in [4.69, 9.17) is 0 Å². The highest BCUT2D eigenvalue weighted by atomic mass is 16.2. The molecule has 3 aromatic rings. The third-order valence-corrected chi connectivity index (χ3v) is 4.67. The number of amides is 4. The average Bonchev–Trinajstić information content (AvgIpc) is 2.78. The van der Waals surface area contributed by atoms with E-state index in [0.717, 1.165) is 16.0 Å². The van der Waals surface area contributed by atoms with Crippen LogP contribution in [0.3, 0.4) is 0 Å². The molecular formula is C23H18N4O3. The monoisotopic (exact) mass is 398 g/mol. The molecule has 1 aliphatic rings. The summed E-state index contributed by atoms with van der Waals surface area (Å²) in [5, 5.41) is 2.22. The lowest BCUT2D eigenvalue weighted by Gasteiger charge is -2.26. The van der Waals surface area contributed by atoms with Crippen LogP contribution in [0.2, 0.25) is 0 Å². The molecule has 4 rings (SSSR count). The Morgan fingerprint density at radius 2 is 1.50 bits per heavy atom. The van der Waals surface area contributed by atoms with E-state index in [-0.39, 0.29) is 12.1 Å². The third-order valence-electron chi connectivity index (χ3n) is 4.67. The zero-order chi connectivity index (χ0) is 20.9. The summed E-state index contributed by atoms with van der Waals surface area (Å²) in [6.45, 7) is 0.169. The maximum absolute atomic E-state index is 12.8. The van der Waals surface area contributed by atoms with Crippen LogP contribution in [0, 0.1) is 0 Å². The molecule has 1 aliphatic heterocycles. The van der Waals surface area contributed by atoms with Gasteiger partial charge in [0, 0.05) is 30.1 Å². The van der Waals surface area contributed by atoms with E-state index in [1.54, 1.807) is 0 Å². The molecule has 7 nitrogen and oxygen atoms in total. The predicted octanol–water partition coefficient (Wildman–Crippen LogP) is 2.85. The summed E-state index contributed by atoms with van der Waals surface area (Å²) in [6, 6.07) is 18.3. The summed E-state index contributed by atoms with van der Waals surface area (Å²) in [5.74, 6) is -0.822. The Kier molecular flexibility index (Phi) is 5.43. The second-order valence-corrected chi connectivity index (χ2v) is 6.72. The van der Waals surface area contributed by atoms with Crippen LogP contribution in [0.5, 0.6) is 0 Å². The first-order valence-corrected chi connectivity index (χ1v) is 9.42. The lowest BCUT2D eigenvalue weighted by Crippen LogP contribution is -2.54. The number of nitrogens with zero attached hydrogens (tertiary/aromatic N) is 3. The standard InChI is InChI=1S/C23H18N4O3/c28-21-19(13-17-14-24-20(25-15-17)18-9-5-2-6-10-18)22(29)27(23(30)26-21)12-11-16-7-3-1-4-8-16/h1-10,13-15H,11-12H2,(H,26,28,30). The average molecular weight is 398 g/mol. The molecule has 0 aliphatic carbocycles. The van der Waals surface area contributed by atoms with Crippen LogP contribution in [0.1, 0.15) is 11.1 Å². The zero-order valence-corrected chi connectivity index (χ0v) is 16.0. The van der Waals surface area contributed by atoms with Crippen molar-refractivity contribution in [2.45, 2.75) is 6.42 Å². The molecule has 1 N–H and O–H groups in total. The van der Waals surface area contributed by atoms with E-state index in [1.807, 2.05) is 60.7 Å². The normalized spacial score (nSPS) is 15.4. The summed E-state index contributed by atoms with van der Waals surface area (Å²) in [5.41, 5.74) is 2.22. The number of imide groups is 2. The van der Waals surface area contributed by atoms with Gasteiger partial charge in [0.25, 0.3) is 11.8 Å². The van der Waals surface area contributed by atoms with Crippen molar-refractivity contribution in [2.75, 3.05) is 6.54 Å². The van der Waals surface area contributed by atoms with Gasteiger partial charge in [-0.2, -0.15) is 0 Å². The van der Waals surface area contributed by atoms with Gasteiger partial charge < -0.3 is 0 Å². The zero-order valence-electron chi connectivity index (χ0n) is 16.0. The highest BCUT2D eigenvalue weighted by Gasteiger charge is 2.35. The first-order chi connectivity index (χ1) is 14.6. The molecule has 2 heterocycles. The van der Waals surface area contributed by atoms with E-state index in [1.165, 1.54) is 18.5 Å². The van der Waals surface area contributed by atoms with Crippen molar-refractivity contribution >= 4 is 23.9 Å². The van der Waals surface area contributed by atoms with Crippen LogP contribution >= 0.6 is 0 Å². The van der Waals surface area contributed by atoms with Crippen LogP contribution in [-0.2, 0) is 16.0 Å². The minimum absolute atomic E-state index is 0.126. The third kappa shape index (κ3) is 4.15. The maximum atomic E-state index is 12.8. The quantitative estimate of drug-likeness (QED) is 0.527. The molecule has 4 amide bonds. The molecule has 0 bridgehead atoms. The number of hydrogen-bond donors (Lipinski definition) is 1. The Morgan fingerprint density at radius 1 is 0.867 bits per heavy atom. The fourth-order valence-electron chi connectivity index (χ4n) is 3.10. The molecule has 0 unspecified atom stereocenters. The van der Waals surface area contributed by atoms with E-state index in [9.17, 15) is 14.4 Å². The number of hydrogen-bond acceptors (Lipinski definition) is 5. The molecule has 0 saturated carbocycles. The van der Waals surface area contributed by atoms with Crippen molar-refractivity contribution in [2.24, 2.45) is 0 Å². The number of carbonyl (C=O) groups excluding carboxylic acids is 3. The van der Waals surface area contributed by atoms with E-state index < -0.39 is 17.8 Å². The van der Waals surface area contributed by atoms with Crippen molar-refractivity contribution in [3.05, 3.63) is 89.8 Å². The van der Waals surface area contributed by atoms with Gasteiger partial charge in [-0.3, -0.25) is 19.8 Å². The Balaban J connectivity index is 1.53. The molecule has 30 heavy (non-hydrogen) atoms. The van der Waals surface area contributed by atoms with Gasteiger partial charge in [0.05, 0.1) is 0 Å². The Labute approximate surface area is 173 Å². The van der Waals surface area contributed by atoms with Gasteiger partial charge in [-0.1, -0.05) is 60.7 Å². The van der Waals surface area contributed by atoms with Gasteiger partial charge in [-0.15, -0.1) is 0 Å². The second kappa shape index (κ2) is 8.48. The molecule has 1 fully saturated rings. The van der Waals surface area contributed by atoms with Crippen LogP contribution in [0.4, 0.5) is 4.79 Å². The number of carbonyl (C=O) groups is 3. The number of aromatic nitrogens is 2. The molecule has 148 valence electrons. The van der Waals surface area contributed by atoms with Gasteiger partial charge in [-0.05, 0) is 18.1 Å². The SMILES string of the molecule is O=C1NC(=O)N(CCc2ccccc2)C(=O)C1=Cc1cnc(-c2ccccc2)nc1. The van der Waals surface area contributed by atoms with Crippen LogP contribution in [0.15, 0.2) is 78.6 Å². The van der Waals surface area contributed by atoms with Gasteiger partial charge in [0.1, 0.15) is 5.57 Å². The summed E-state index contributed by atoms with van der Waals surface area (Å²) < 4.78 is 0. The summed E-state index contributed by atoms with van der Waals surface area (Å²) in [7, 11) is 0. The highest BCUT2D eigenvalue weighted by Crippen LogP contribution is 2.17. The Hall–Kier alpha value is -4.13. The van der Waals surface area contributed by atoms with Gasteiger partial charge >= 0.3 is 6.03 Å². The fraction of sp³-hybridized carbons (Fsp3) is 0.0870. The molecule has 0 radical (unpaired) electrons.